The molecule has 0 heterocycles. The minimum absolute atomic E-state index is 0.0354. The van der Waals surface area contributed by atoms with Crippen LogP contribution in [0.5, 0.6) is 0 Å². The van der Waals surface area contributed by atoms with Gasteiger partial charge in [0.05, 0.1) is 0 Å². The number of carbonyl (C=O) groups is 2. The molecule has 0 atom stereocenters. The normalized spacial score (nSPS) is 7.75. The molecule has 0 spiro atoms. The van der Waals surface area contributed by atoms with Crippen molar-refractivity contribution in [3.8, 4) is 0 Å². The number of hydrogen-bond donors (Lipinski definition) is 3. The van der Waals surface area contributed by atoms with Crippen molar-refractivity contribution >= 4 is 11.9 Å². The van der Waals surface area contributed by atoms with Gasteiger partial charge >= 0.3 is 11.9 Å². The van der Waals surface area contributed by atoms with Crippen molar-refractivity contribution in [3.05, 3.63) is 12.7 Å². The van der Waals surface area contributed by atoms with Crippen molar-refractivity contribution in [1.82, 2.24) is 0 Å². The van der Waals surface area contributed by atoms with E-state index >= 15 is 0 Å². The Morgan fingerprint density at radius 1 is 1.33 bits per heavy atom. The lowest BCUT2D eigenvalue weighted by Gasteiger charge is -1.85. The molecule has 3 N–H and O–H groups in total. The maximum Gasteiger partial charge on any atom is 0.327 e. The highest BCUT2D eigenvalue weighted by Crippen LogP contribution is 1.83. The van der Waals surface area contributed by atoms with Gasteiger partial charge in [-0.1, -0.05) is 6.58 Å². The van der Waals surface area contributed by atoms with Gasteiger partial charge in [0, 0.05) is 19.1 Å². The van der Waals surface area contributed by atoms with Gasteiger partial charge in [0.15, 0.2) is 0 Å². The summed E-state index contributed by atoms with van der Waals surface area (Å²) in [7, 11) is 0. The lowest BCUT2D eigenvalue weighted by atomic mass is 10.3. The highest BCUT2D eigenvalue weighted by atomic mass is 16.4. The Labute approximate surface area is 70.0 Å². The molecule has 0 saturated carbocycles. The molecule has 0 aliphatic rings. The molecule has 12 heavy (non-hydrogen) atoms. The van der Waals surface area contributed by atoms with Crippen LogP contribution in [-0.4, -0.2) is 33.9 Å². The molecule has 70 valence electrons. The molecule has 0 aliphatic heterocycles. The fourth-order valence-electron chi connectivity index (χ4n) is 0.230. The molecule has 0 aromatic rings. The van der Waals surface area contributed by atoms with Crippen molar-refractivity contribution in [3.63, 3.8) is 0 Å². The summed E-state index contributed by atoms with van der Waals surface area (Å²) in [6, 6.07) is 0. The predicted molar refractivity (Wildman–Crippen MR) is 41.8 cm³/mol. The van der Waals surface area contributed by atoms with Gasteiger partial charge in [0.1, 0.15) is 0 Å². The molecule has 0 bridgehead atoms. The van der Waals surface area contributed by atoms with Gasteiger partial charge in [-0.25, -0.2) is 4.79 Å². The highest BCUT2D eigenvalue weighted by molar-refractivity contribution is 5.78. The molecule has 0 aromatic heterocycles. The first-order chi connectivity index (χ1) is 5.54. The van der Waals surface area contributed by atoms with Gasteiger partial charge < -0.3 is 15.3 Å². The first-order valence-electron chi connectivity index (χ1n) is 3.22. The van der Waals surface area contributed by atoms with Crippen LogP contribution in [0.3, 0.4) is 0 Å². The second kappa shape index (κ2) is 9.64. The zero-order valence-electron chi connectivity index (χ0n) is 6.56. The first kappa shape index (κ1) is 13.2. The maximum absolute atomic E-state index is 9.65. The molecule has 5 heteroatoms. The van der Waals surface area contributed by atoms with Crippen molar-refractivity contribution in [2.45, 2.75) is 12.8 Å². The van der Waals surface area contributed by atoms with Crippen molar-refractivity contribution in [1.29, 1.82) is 0 Å². The largest absolute Gasteiger partial charge is 0.481 e. The summed E-state index contributed by atoms with van der Waals surface area (Å²) < 4.78 is 0. The number of carboxylic acid groups (broad SMARTS) is 2. The smallest absolute Gasteiger partial charge is 0.327 e. The van der Waals surface area contributed by atoms with E-state index in [1.807, 2.05) is 0 Å². The SMILES string of the molecule is C=CC(=O)O.O=C(O)CCCO. The maximum atomic E-state index is 9.65. The number of carboxylic acids is 2. The molecule has 0 rings (SSSR count). The molecule has 0 fully saturated rings. The summed E-state index contributed by atoms with van der Waals surface area (Å²) >= 11 is 0. The fraction of sp³-hybridized carbons (Fsp3) is 0.429. The van der Waals surface area contributed by atoms with Gasteiger partial charge in [0.25, 0.3) is 0 Å². The Hall–Kier alpha value is -1.36. The van der Waals surface area contributed by atoms with Crippen LogP contribution >= 0.6 is 0 Å². The van der Waals surface area contributed by atoms with Crippen molar-refractivity contribution < 1.29 is 24.9 Å². The van der Waals surface area contributed by atoms with Crippen LogP contribution in [0.25, 0.3) is 0 Å². The molecule has 0 unspecified atom stereocenters. The minimum atomic E-state index is -0.981. The Bertz CT molecular complexity index is 152. The average Bonchev–Trinajstić information content (AvgIpc) is 2.02. The molecule has 0 aromatic carbocycles. The van der Waals surface area contributed by atoms with Crippen molar-refractivity contribution in [2.24, 2.45) is 0 Å². The van der Waals surface area contributed by atoms with Gasteiger partial charge in [-0.3, -0.25) is 4.79 Å². The number of aliphatic carboxylic acids is 2. The zero-order chi connectivity index (χ0) is 9.98. The quantitative estimate of drug-likeness (QED) is 0.528. The van der Waals surface area contributed by atoms with E-state index in [1.54, 1.807) is 0 Å². The Morgan fingerprint density at radius 2 is 1.75 bits per heavy atom. The monoisotopic (exact) mass is 176 g/mol. The van der Waals surface area contributed by atoms with Crippen molar-refractivity contribution in [2.75, 3.05) is 6.61 Å². The molecule has 0 saturated heterocycles. The molecular weight excluding hydrogens is 164 g/mol. The average molecular weight is 176 g/mol. The topological polar surface area (TPSA) is 94.8 Å². The highest BCUT2D eigenvalue weighted by Gasteiger charge is 1.91. The third-order valence-corrected chi connectivity index (χ3v) is 0.723. The Morgan fingerprint density at radius 3 is 1.83 bits per heavy atom. The summed E-state index contributed by atoms with van der Waals surface area (Å²) in [5.41, 5.74) is 0. The molecular formula is C7H12O5. The number of aliphatic hydroxyl groups excluding tert-OH is 1. The molecule has 0 radical (unpaired) electrons. The summed E-state index contributed by atoms with van der Waals surface area (Å²) in [5, 5.41) is 23.6. The van der Waals surface area contributed by atoms with Crippen LogP contribution in [0, 0.1) is 0 Å². The first-order valence-corrected chi connectivity index (χ1v) is 3.22. The summed E-state index contributed by atoms with van der Waals surface area (Å²) in [6.07, 6.45) is 1.26. The van der Waals surface area contributed by atoms with E-state index in [0.717, 1.165) is 6.08 Å². The summed E-state index contributed by atoms with van der Waals surface area (Å²) in [5.74, 6) is -1.83. The minimum Gasteiger partial charge on any atom is -0.481 e. The summed E-state index contributed by atoms with van der Waals surface area (Å²) in [6.45, 7) is 2.93. The van der Waals surface area contributed by atoms with Crippen LogP contribution in [0.2, 0.25) is 0 Å². The van der Waals surface area contributed by atoms with Crippen LogP contribution in [0.15, 0.2) is 12.7 Å². The van der Waals surface area contributed by atoms with Crippen LogP contribution < -0.4 is 0 Å². The second-order valence-corrected chi connectivity index (χ2v) is 1.76. The fourth-order valence-corrected chi connectivity index (χ4v) is 0.230. The zero-order valence-corrected chi connectivity index (χ0v) is 6.56. The van der Waals surface area contributed by atoms with Gasteiger partial charge in [-0.15, -0.1) is 0 Å². The van der Waals surface area contributed by atoms with E-state index in [-0.39, 0.29) is 13.0 Å². The van der Waals surface area contributed by atoms with E-state index in [2.05, 4.69) is 6.58 Å². The molecule has 0 aliphatic carbocycles. The molecule has 0 amide bonds. The Balaban J connectivity index is 0. The molecule has 5 nitrogen and oxygen atoms in total. The number of hydrogen-bond acceptors (Lipinski definition) is 3. The lowest BCUT2D eigenvalue weighted by Crippen LogP contribution is -1.95. The Kier molecular flexibility index (Phi) is 10.6. The van der Waals surface area contributed by atoms with Crippen LogP contribution in [0.4, 0.5) is 0 Å². The van der Waals surface area contributed by atoms with Gasteiger partial charge in [-0.05, 0) is 6.42 Å². The van der Waals surface area contributed by atoms with E-state index in [0.29, 0.717) is 6.42 Å². The number of rotatable bonds is 4. The van der Waals surface area contributed by atoms with Crippen LogP contribution in [-0.2, 0) is 9.59 Å². The van der Waals surface area contributed by atoms with Gasteiger partial charge in [-0.2, -0.15) is 0 Å². The summed E-state index contributed by atoms with van der Waals surface area (Å²) in [4.78, 5) is 18.9. The van der Waals surface area contributed by atoms with E-state index < -0.39 is 11.9 Å². The second-order valence-electron chi connectivity index (χ2n) is 1.76. The number of aliphatic hydroxyl groups is 1. The van der Waals surface area contributed by atoms with E-state index in [1.165, 1.54) is 0 Å². The third-order valence-electron chi connectivity index (χ3n) is 0.723. The standard InChI is InChI=1S/C4H8O3.C3H4O2/c5-3-1-2-4(6)7;1-2-3(4)5/h5H,1-3H2,(H,6,7);2H,1H2,(H,4,5). The lowest BCUT2D eigenvalue weighted by molar-refractivity contribution is -0.137. The van der Waals surface area contributed by atoms with E-state index in [9.17, 15) is 9.59 Å². The third kappa shape index (κ3) is 23.4. The van der Waals surface area contributed by atoms with Gasteiger partial charge in [0.2, 0.25) is 0 Å². The van der Waals surface area contributed by atoms with Crippen LogP contribution in [0.1, 0.15) is 12.8 Å². The van der Waals surface area contributed by atoms with E-state index in [4.69, 9.17) is 15.3 Å². The predicted octanol–water partition coefficient (Wildman–Crippen LogP) is 0.101.